The quantitative estimate of drug-likeness (QED) is 0.579. The minimum absolute atomic E-state index is 0.0181. The van der Waals surface area contributed by atoms with Crippen LogP contribution in [0.5, 0.6) is 0 Å². The van der Waals surface area contributed by atoms with Crippen LogP contribution in [-0.4, -0.2) is 22.5 Å². The van der Waals surface area contributed by atoms with Crippen molar-refractivity contribution in [2.75, 3.05) is 5.75 Å². The van der Waals surface area contributed by atoms with E-state index in [-0.39, 0.29) is 36.3 Å². The second-order valence-electron chi connectivity index (χ2n) is 7.04. The van der Waals surface area contributed by atoms with Gasteiger partial charge in [-0.1, -0.05) is 48.5 Å². The van der Waals surface area contributed by atoms with Crippen molar-refractivity contribution < 1.29 is 9.59 Å². The number of nitrogens with zero attached hydrogens (tertiary/aromatic N) is 3. The van der Waals surface area contributed by atoms with Gasteiger partial charge in [-0.2, -0.15) is 10.5 Å². The topological polar surface area (TPSA) is 85.0 Å². The number of nitriles is 2. The lowest BCUT2D eigenvalue weighted by atomic mass is 9.80. The molecule has 0 aromatic heterocycles. The lowest BCUT2D eigenvalue weighted by Crippen LogP contribution is -2.33. The number of thioether (sulfide) groups is 1. The van der Waals surface area contributed by atoms with Crippen LogP contribution in [-0.2, 0) is 16.1 Å². The van der Waals surface area contributed by atoms with Crippen LogP contribution in [0.1, 0.15) is 17.5 Å². The van der Waals surface area contributed by atoms with Gasteiger partial charge in [0.15, 0.2) is 0 Å². The zero-order valence-corrected chi connectivity index (χ0v) is 16.4. The first-order chi connectivity index (χ1) is 14.1. The Morgan fingerprint density at radius 3 is 2.41 bits per heavy atom. The molecule has 0 radical (unpaired) electrons. The number of rotatable bonds is 3. The monoisotopic (exact) mass is 399 g/mol. The largest absolute Gasteiger partial charge is 0.278 e. The number of carbonyl (C=O) groups excluding carboxylic acids is 2. The lowest BCUT2D eigenvalue weighted by molar-refractivity contribution is -0.140. The van der Waals surface area contributed by atoms with Crippen molar-refractivity contribution in [2.45, 2.75) is 17.9 Å². The summed E-state index contributed by atoms with van der Waals surface area (Å²) in [7, 11) is 0. The Hall–Kier alpha value is -3.35. The number of benzene rings is 2. The zero-order chi connectivity index (χ0) is 20.4. The van der Waals surface area contributed by atoms with E-state index >= 15 is 0 Å². The van der Waals surface area contributed by atoms with Crippen LogP contribution in [0.3, 0.4) is 0 Å². The number of allylic oxidation sites excluding steroid dienone is 2. The van der Waals surface area contributed by atoms with Crippen LogP contribution in [0.2, 0.25) is 0 Å². The maximum Gasteiger partial charge on any atom is 0.233 e. The molecule has 5 nitrogen and oxygen atoms in total. The first kappa shape index (κ1) is 19.0. The molecular weight excluding hydrogens is 382 g/mol. The summed E-state index contributed by atoms with van der Waals surface area (Å²) < 4.78 is 0. The summed E-state index contributed by atoms with van der Waals surface area (Å²) in [5.41, 5.74) is 2.32. The Bertz CT molecular complexity index is 1080. The average molecular weight is 399 g/mol. The van der Waals surface area contributed by atoms with Gasteiger partial charge in [-0.3, -0.25) is 14.5 Å². The van der Waals surface area contributed by atoms with Gasteiger partial charge in [-0.25, -0.2) is 0 Å². The van der Waals surface area contributed by atoms with Gasteiger partial charge in [0.05, 0.1) is 12.5 Å². The lowest BCUT2D eigenvalue weighted by Gasteiger charge is -2.30. The van der Waals surface area contributed by atoms with Gasteiger partial charge in [0.2, 0.25) is 11.8 Å². The second-order valence-corrected chi connectivity index (χ2v) is 8.10. The molecule has 2 aromatic rings. The number of carbonyl (C=O) groups is 2. The molecule has 0 aliphatic carbocycles. The highest BCUT2D eigenvalue weighted by atomic mass is 32.2. The van der Waals surface area contributed by atoms with E-state index in [0.717, 1.165) is 16.0 Å². The molecule has 2 aromatic carbocycles. The molecule has 0 N–H and O–H groups in total. The standard InChI is InChI=1S/C23H17N3O2S/c24-11-16(12-25)22-17-8-4-5-9-20(17)29-14-19(22)18-10-21(27)26(23(18)28)13-15-6-2-1-3-7-15/h1-9,18-19H,10,13-14H2/t18-,19+/m1/s1. The van der Waals surface area contributed by atoms with E-state index in [9.17, 15) is 20.1 Å². The fraction of sp³-hybridized carbons (Fsp3) is 0.217. The molecular formula is C23H17N3O2S. The van der Waals surface area contributed by atoms with Gasteiger partial charge in [-0.15, -0.1) is 11.8 Å². The van der Waals surface area contributed by atoms with Crippen LogP contribution < -0.4 is 0 Å². The molecule has 1 saturated heterocycles. The third-order valence-corrected chi connectivity index (χ3v) is 6.60. The number of amides is 2. The van der Waals surface area contributed by atoms with Gasteiger partial charge < -0.3 is 0 Å². The Morgan fingerprint density at radius 2 is 1.69 bits per heavy atom. The second kappa shape index (κ2) is 7.95. The molecule has 29 heavy (non-hydrogen) atoms. The molecule has 0 saturated carbocycles. The minimum atomic E-state index is -0.557. The molecule has 1 fully saturated rings. The van der Waals surface area contributed by atoms with Crippen molar-refractivity contribution >= 4 is 29.1 Å². The highest BCUT2D eigenvalue weighted by Crippen LogP contribution is 2.47. The first-order valence-electron chi connectivity index (χ1n) is 9.28. The highest BCUT2D eigenvalue weighted by Gasteiger charge is 2.46. The van der Waals surface area contributed by atoms with Gasteiger partial charge in [0.1, 0.15) is 17.7 Å². The van der Waals surface area contributed by atoms with E-state index in [1.165, 1.54) is 4.90 Å². The molecule has 2 aliphatic heterocycles. The Balaban J connectivity index is 1.70. The van der Waals surface area contributed by atoms with Crippen LogP contribution in [0.15, 0.2) is 65.1 Å². The van der Waals surface area contributed by atoms with Crippen LogP contribution >= 0.6 is 11.8 Å². The molecule has 0 unspecified atom stereocenters. The molecule has 0 spiro atoms. The molecule has 142 valence electrons. The van der Waals surface area contributed by atoms with E-state index < -0.39 is 5.92 Å². The number of likely N-dealkylation sites (tertiary alicyclic amines) is 1. The van der Waals surface area contributed by atoms with E-state index in [4.69, 9.17) is 0 Å². The summed E-state index contributed by atoms with van der Waals surface area (Å²) in [5.74, 6) is -0.776. The third-order valence-electron chi connectivity index (χ3n) is 5.41. The number of fused-ring (bicyclic) bond motifs is 1. The molecule has 2 heterocycles. The van der Waals surface area contributed by atoms with E-state index in [1.54, 1.807) is 11.8 Å². The number of imide groups is 1. The number of hydrogen-bond donors (Lipinski definition) is 0. The summed E-state index contributed by atoms with van der Waals surface area (Å²) in [6, 6.07) is 21.0. The summed E-state index contributed by atoms with van der Waals surface area (Å²) in [4.78, 5) is 28.1. The summed E-state index contributed by atoms with van der Waals surface area (Å²) in [6.07, 6.45) is 0.104. The molecule has 2 atom stereocenters. The predicted octanol–water partition coefficient (Wildman–Crippen LogP) is 3.78. The highest BCUT2D eigenvalue weighted by molar-refractivity contribution is 7.99. The predicted molar refractivity (Wildman–Crippen MR) is 109 cm³/mol. The summed E-state index contributed by atoms with van der Waals surface area (Å²) in [6.45, 7) is 0.244. The molecule has 0 bridgehead atoms. The molecule has 2 amide bonds. The maximum atomic E-state index is 13.2. The van der Waals surface area contributed by atoms with Crippen LogP contribution in [0.25, 0.3) is 5.57 Å². The minimum Gasteiger partial charge on any atom is -0.278 e. The van der Waals surface area contributed by atoms with Crippen LogP contribution in [0, 0.1) is 34.5 Å². The van der Waals surface area contributed by atoms with Gasteiger partial charge in [0, 0.05) is 23.0 Å². The molecule has 4 rings (SSSR count). The fourth-order valence-corrected chi connectivity index (χ4v) is 5.28. The summed E-state index contributed by atoms with van der Waals surface area (Å²) in [5, 5.41) is 19.1. The van der Waals surface area contributed by atoms with Crippen molar-refractivity contribution in [2.24, 2.45) is 11.8 Å². The Labute approximate surface area is 173 Å². The SMILES string of the molecule is N#CC(C#N)=C1c2ccccc2SC[C@H]1[C@H]1CC(=O)N(Cc2ccccc2)C1=O. The van der Waals surface area contributed by atoms with E-state index in [0.29, 0.717) is 11.3 Å². The molecule has 2 aliphatic rings. The fourth-order valence-electron chi connectivity index (χ4n) is 4.02. The van der Waals surface area contributed by atoms with Crippen molar-refractivity contribution in [1.29, 1.82) is 10.5 Å². The third kappa shape index (κ3) is 3.44. The Morgan fingerprint density at radius 1 is 1.00 bits per heavy atom. The zero-order valence-electron chi connectivity index (χ0n) is 15.5. The average Bonchev–Trinajstić information content (AvgIpc) is 3.03. The smallest absolute Gasteiger partial charge is 0.233 e. The van der Waals surface area contributed by atoms with E-state index in [2.05, 4.69) is 0 Å². The molecule has 6 heteroatoms. The van der Waals surface area contributed by atoms with Gasteiger partial charge >= 0.3 is 0 Å². The van der Waals surface area contributed by atoms with Crippen molar-refractivity contribution in [1.82, 2.24) is 4.90 Å². The van der Waals surface area contributed by atoms with Crippen LogP contribution in [0.4, 0.5) is 0 Å². The Kier molecular flexibility index (Phi) is 5.20. The van der Waals surface area contributed by atoms with Gasteiger partial charge in [-0.05, 0) is 22.8 Å². The van der Waals surface area contributed by atoms with Crippen molar-refractivity contribution in [3.63, 3.8) is 0 Å². The normalized spacial score (nSPS) is 20.8. The first-order valence-corrected chi connectivity index (χ1v) is 10.3. The van der Waals surface area contributed by atoms with Crippen molar-refractivity contribution in [3.05, 3.63) is 71.3 Å². The van der Waals surface area contributed by atoms with E-state index in [1.807, 2.05) is 66.7 Å². The summed E-state index contributed by atoms with van der Waals surface area (Å²) >= 11 is 1.60. The maximum absolute atomic E-state index is 13.2. The number of hydrogen-bond acceptors (Lipinski definition) is 5. The van der Waals surface area contributed by atoms with Crippen molar-refractivity contribution in [3.8, 4) is 12.1 Å². The van der Waals surface area contributed by atoms with Gasteiger partial charge in [0.25, 0.3) is 0 Å².